The van der Waals surface area contributed by atoms with Gasteiger partial charge in [0, 0.05) is 6.54 Å². The number of carbonyl (C=O) groups excluding carboxylic acids is 2. The van der Waals surface area contributed by atoms with Gasteiger partial charge in [0.2, 0.25) is 0 Å². The van der Waals surface area contributed by atoms with Crippen molar-refractivity contribution in [2.75, 3.05) is 5.32 Å². The second-order valence-corrected chi connectivity index (χ2v) is 4.83. The Kier molecular flexibility index (Phi) is 3.74. The molecule has 1 aliphatic heterocycles. The number of amides is 2. The van der Waals surface area contributed by atoms with Gasteiger partial charge in [0.25, 0.3) is 17.9 Å². The first-order chi connectivity index (χ1) is 10.6. The number of benzene rings is 2. The summed E-state index contributed by atoms with van der Waals surface area (Å²) in [5, 5.41) is 5.22. The summed E-state index contributed by atoms with van der Waals surface area (Å²) in [6.45, 7) is 0.188. The van der Waals surface area contributed by atoms with Crippen LogP contribution in [0.3, 0.4) is 0 Å². The zero-order valence-electron chi connectivity index (χ0n) is 11.5. The molecule has 2 N–H and O–H groups in total. The van der Waals surface area contributed by atoms with Crippen LogP contribution < -0.4 is 15.4 Å². The number of rotatable bonds is 3. The van der Waals surface area contributed by atoms with E-state index in [0.29, 0.717) is 11.4 Å². The number of ether oxygens (including phenoxy) is 1. The molecule has 0 aromatic heterocycles. The summed E-state index contributed by atoms with van der Waals surface area (Å²) < 4.78 is 18.2. The van der Waals surface area contributed by atoms with Gasteiger partial charge in [0.1, 0.15) is 11.6 Å². The van der Waals surface area contributed by atoms with Crippen LogP contribution >= 0.6 is 0 Å². The first-order valence-corrected chi connectivity index (χ1v) is 6.72. The van der Waals surface area contributed by atoms with Crippen LogP contribution in [0, 0.1) is 5.82 Å². The first kappa shape index (κ1) is 14.1. The molecular weight excluding hydrogens is 287 g/mol. The Morgan fingerprint density at radius 2 is 1.91 bits per heavy atom. The molecule has 0 fully saturated rings. The van der Waals surface area contributed by atoms with Crippen LogP contribution in [-0.4, -0.2) is 17.9 Å². The molecule has 0 aliphatic carbocycles. The number of hydrogen-bond donors (Lipinski definition) is 2. The lowest BCUT2D eigenvalue weighted by Gasteiger charge is -2.24. The number of hydrogen-bond acceptors (Lipinski definition) is 3. The third-order valence-corrected chi connectivity index (χ3v) is 3.25. The van der Waals surface area contributed by atoms with Gasteiger partial charge in [-0.3, -0.25) is 9.59 Å². The maximum absolute atomic E-state index is 12.8. The largest absolute Gasteiger partial charge is 0.468 e. The molecule has 112 valence electrons. The van der Waals surface area contributed by atoms with Crippen molar-refractivity contribution < 1.29 is 18.7 Å². The average molecular weight is 300 g/mol. The molecule has 0 saturated heterocycles. The second kappa shape index (κ2) is 5.85. The highest BCUT2D eigenvalue weighted by molar-refractivity contribution is 6.11. The van der Waals surface area contributed by atoms with Gasteiger partial charge in [-0.15, -0.1) is 0 Å². The number of nitrogens with one attached hydrogen (secondary N) is 2. The molecule has 6 heteroatoms. The highest BCUT2D eigenvalue weighted by Gasteiger charge is 2.33. The molecule has 0 bridgehead atoms. The Hall–Kier alpha value is -2.89. The van der Waals surface area contributed by atoms with Crippen molar-refractivity contribution in [2.24, 2.45) is 0 Å². The minimum absolute atomic E-state index is 0.188. The third-order valence-electron chi connectivity index (χ3n) is 3.25. The van der Waals surface area contributed by atoms with Gasteiger partial charge in [-0.05, 0) is 29.8 Å². The van der Waals surface area contributed by atoms with Crippen molar-refractivity contribution in [3.63, 3.8) is 0 Å². The number of halogens is 1. The summed E-state index contributed by atoms with van der Waals surface area (Å²) >= 11 is 0. The predicted molar refractivity (Wildman–Crippen MR) is 77.7 cm³/mol. The van der Waals surface area contributed by atoms with Crippen LogP contribution in [0.5, 0.6) is 5.75 Å². The minimum atomic E-state index is -1.24. The molecule has 2 aromatic carbocycles. The Bertz CT molecular complexity index is 716. The lowest BCUT2D eigenvalue weighted by Crippen LogP contribution is -2.48. The first-order valence-electron chi connectivity index (χ1n) is 6.72. The maximum atomic E-state index is 12.8. The molecular formula is C16H13FN2O3. The summed E-state index contributed by atoms with van der Waals surface area (Å²) in [5.74, 6) is -0.961. The van der Waals surface area contributed by atoms with Crippen molar-refractivity contribution in [2.45, 2.75) is 12.6 Å². The monoisotopic (exact) mass is 300 g/mol. The Labute approximate surface area is 126 Å². The molecule has 0 saturated carbocycles. The number of para-hydroxylation sites is 2. The van der Waals surface area contributed by atoms with Crippen LogP contribution in [0.2, 0.25) is 0 Å². The van der Waals surface area contributed by atoms with E-state index in [9.17, 15) is 14.0 Å². The fraction of sp³-hybridized carbons (Fsp3) is 0.125. The van der Waals surface area contributed by atoms with Gasteiger partial charge in [-0.25, -0.2) is 4.39 Å². The van der Waals surface area contributed by atoms with Gasteiger partial charge < -0.3 is 15.4 Å². The topological polar surface area (TPSA) is 67.4 Å². The molecule has 0 radical (unpaired) electrons. The lowest BCUT2D eigenvalue weighted by molar-refractivity contribution is -0.137. The van der Waals surface area contributed by atoms with Crippen LogP contribution in [-0.2, 0) is 16.1 Å². The van der Waals surface area contributed by atoms with Gasteiger partial charge in [-0.1, -0.05) is 24.3 Å². The van der Waals surface area contributed by atoms with Gasteiger partial charge >= 0.3 is 0 Å². The molecule has 0 unspecified atom stereocenters. The van der Waals surface area contributed by atoms with E-state index < -0.39 is 17.9 Å². The molecule has 3 rings (SSSR count). The molecule has 22 heavy (non-hydrogen) atoms. The Morgan fingerprint density at radius 1 is 1.18 bits per heavy atom. The van der Waals surface area contributed by atoms with Crippen molar-refractivity contribution in [3.05, 3.63) is 59.9 Å². The van der Waals surface area contributed by atoms with E-state index in [0.717, 1.165) is 5.56 Å². The fourth-order valence-electron chi connectivity index (χ4n) is 2.11. The molecule has 2 aromatic rings. The quantitative estimate of drug-likeness (QED) is 0.850. The van der Waals surface area contributed by atoms with E-state index in [1.165, 1.54) is 12.1 Å². The summed E-state index contributed by atoms with van der Waals surface area (Å²) in [6.07, 6.45) is -1.24. The SMILES string of the molecule is O=C(NCc1ccc(F)cc1)[C@@H]1Oc2ccccc2NC1=O. The molecule has 1 heterocycles. The number of anilines is 1. The predicted octanol–water partition coefficient (Wildman–Crippen LogP) is 1.84. The van der Waals surface area contributed by atoms with E-state index in [-0.39, 0.29) is 12.4 Å². The summed E-state index contributed by atoms with van der Waals surface area (Å²) in [5.41, 5.74) is 1.27. The molecule has 2 amide bonds. The zero-order valence-corrected chi connectivity index (χ0v) is 11.5. The maximum Gasteiger partial charge on any atom is 0.275 e. The Balaban J connectivity index is 1.65. The zero-order chi connectivity index (χ0) is 15.5. The standard InChI is InChI=1S/C16H13FN2O3/c17-11-7-5-10(6-8-11)9-18-15(20)14-16(21)19-12-3-1-2-4-13(12)22-14/h1-8,14H,9H2,(H,18,20)(H,19,21)/t14-/m0/s1. The fourth-order valence-corrected chi connectivity index (χ4v) is 2.11. The smallest absolute Gasteiger partial charge is 0.275 e. The van der Waals surface area contributed by atoms with E-state index in [1.807, 2.05) is 0 Å². The van der Waals surface area contributed by atoms with E-state index >= 15 is 0 Å². The van der Waals surface area contributed by atoms with Crippen molar-refractivity contribution in [1.82, 2.24) is 5.32 Å². The number of carbonyl (C=O) groups is 2. The van der Waals surface area contributed by atoms with Crippen molar-refractivity contribution >= 4 is 17.5 Å². The van der Waals surface area contributed by atoms with Gasteiger partial charge in [0.15, 0.2) is 0 Å². The number of fused-ring (bicyclic) bond motifs is 1. The molecule has 1 atom stereocenters. The second-order valence-electron chi connectivity index (χ2n) is 4.83. The molecule has 5 nitrogen and oxygen atoms in total. The summed E-state index contributed by atoms with van der Waals surface area (Å²) in [7, 11) is 0. The summed E-state index contributed by atoms with van der Waals surface area (Å²) in [6, 6.07) is 12.6. The lowest BCUT2D eigenvalue weighted by atomic mass is 10.2. The minimum Gasteiger partial charge on any atom is -0.468 e. The summed E-state index contributed by atoms with van der Waals surface area (Å²) in [4.78, 5) is 24.0. The van der Waals surface area contributed by atoms with Gasteiger partial charge in [0.05, 0.1) is 5.69 Å². The van der Waals surface area contributed by atoms with Crippen molar-refractivity contribution in [1.29, 1.82) is 0 Å². The van der Waals surface area contributed by atoms with E-state index in [4.69, 9.17) is 4.74 Å². The van der Waals surface area contributed by atoms with Crippen molar-refractivity contribution in [3.8, 4) is 5.75 Å². The Morgan fingerprint density at radius 3 is 2.68 bits per heavy atom. The van der Waals surface area contributed by atoms with Crippen LogP contribution in [0.4, 0.5) is 10.1 Å². The van der Waals surface area contributed by atoms with Gasteiger partial charge in [-0.2, -0.15) is 0 Å². The highest BCUT2D eigenvalue weighted by atomic mass is 19.1. The normalized spacial score (nSPS) is 16.2. The molecule has 0 spiro atoms. The third kappa shape index (κ3) is 2.90. The highest BCUT2D eigenvalue weighted by Crippen LogP contribution is 2.28. The van der Waals surface area contributed by atoms with Crippen LogP contribution in [0.15, 0.2) is 48.5 Å². The van der Waals surface area contributed by atoms with E-state index in [2.05, 4.69) is 10.6 Å². The van der Waals surface area contributed by atoms with E-state index in [1.54, 1.807) is 36.4 Å². The van der Waals surface area contributed by atoms with Crippen LogP contribution in [0.1, 0.15) is 5.56 Å². The average Bonchev–Trinajstić information content (AvgIpc) is 2.53. The van der Waals surface area contributed by atoms with Crippen LogP contribution in [0.25, 0.3) is 0 Å². The molecule has 1 aliphatic rings.